The number of hydrogen-bond acceptors (Lipinski definition) is 2. The molecule has 4 nitrogen and oxygen atoms in total. The largest absolute Gasteiger partial charge is 0.353 e. The third-order valence-corrected chi connectivity index (χ3v) is 3.80. The van der Waals surface area contributed by atoms with Gasteiger partial charge in [0.1, 0.15) is 11.9 Å². The van der Waals surface area contributed by atoms with E-state index in [0.717, 1.165) is 0 Å². The third kappa shape index (κ3) is 2.85. The number of carbonyl (C=O) groups is 2. The molecule has 1 aromatic carbocycles. The molecule has 1 aromatic rings. The molecular formula is C14H16BrFN2O2. The maximum atomic E-state index is 13.9. The fourth-order valence-electron chi connectivity index (χ4n) is 2.39. The van der Waals surface area contributed by atoms with Gasteiger partial charge in [0, 0.05) is 17.6 Å². The van der Waals surface area contributed by atoms with Gasteiger partial charge in [0.05, 0.1) is 5.56 Å². The van der Waals surface area contributed by atoms with Crippen molar-refractivity contribution in [1.82, 2.24) is 10.2 Å². The van der Waals surface area contributed by atoms with E-state index in [2.05, 4.69) is 21.2 Å². The van der Waals surface area contributed by atoms with Crippen LogP contribution in [0.4, 0.5) is 4.39 Å². The highest BCUT2D eigenvalue weighted by molar-refractivity contribution is 9.10. The lowest BCUT2D eigenvalue weighted by Gasteiger charge is -2.37. The van der Waals surface area contributed by atoms with Crippen LogP contribution in [0.15, 0.2) is 22.7 Å². The Hall–Kier alpha value is -1.43. The van der Waals surface area contributed by atoms with Crippen molar-refractivity contribution >= 4 is 27.7 Å². The van der Waals surface area contributed by atoms with Crippen LogP contribution in [-0.2, 0) is 4.79 Å². The molecule has 108 valence electrons. The van der Waals surface area contributed by atoms with Crippen LogP contribution in [0.5, 0.6) is 0 Å². The molecule has 2 amide bonds. The molecule has 0 saturated carbocycles. The molecule has 6 heteroatoms. The van der Waals surface area contributed by atoms with Gasteiger partial charge in [-0.05, 0) is 24.1 Å². The van der Waals surface area contributed by atoms with Crippen molar-refractivity contribution in [2.24, 2.45) is 5.92 Å². The molecule has 2 rings (SSSR count). The molecule has 0 bridgehead atoms. The first-order chi connectivity index (χ1) is 9.41. The number of benzene rings is 1. The quantitative estimate of drug-likeness (QED) is 0.895. The minimum atomic E-state index is -0.585. The molecule has 0 radical (unpaired) electrons. The van der Waals surface area contributed by atoms with Crippen molar-refractivity contribution in [2.45, 2.75) is 19.9 Å². The molecule has 1 atom stereocenters. The predicted octanol–water partition coefficient (Wildman–Crippen LogP) is 2.18. The number of hydrogen-bond donors (Lipinski definition) is 1. The Kier molecular flexibility index (Phi) is 4.42. The van der Waals surface area contributed by atoms with Crippen LogP contribution < -0.4 is 5.32 Å². The summed E-state index contributed by atoms with van der Waals surface area (Å²) in [6.45, 7) is 4.52. The maximum absolute atomic E-state index is 13.9. The molecule has 20 heavy (non-hydrogen) atoms. The molecule has 0 aliphatic carbocycles. The van der Waals surface area contributed by atoms with E-state index in [9.17, 15) is 14.0 Å². The van der Waals surface area contributed by atoms with Crippen LogP contribution in [-0.4, -0.2) is 35.8 Å². The van der Waals surface area contributed by atoms with Gasteiger partial charge in [-0.3, -0.25) is 9.59 Å². The minimum Gasteiger partial charge on any atom is -0.353 e. The normalized spacial score (nSPS) is 19.1. The van der Waals surface area contributed by atoms with Crippen molar-refractivity contribution in [3.63, 3.8) is 0 Å². The van der Waals surface area contributed by atoms with Crippen LogP contribution in [0.2, 0.25) is 0 Å². The monoisotopic (exact) mass is 342 g/mol. The molecular weight excluding hydrogens is 327 g/mol. The van der Waals surface area contributed by atoms with Gasteiger partial charge in [-0.25, -0.2) is 4.39 Å². The Balaban J connectivity index is 2.33. The molecule has 1 unspecified atom stereocenters. The van der Waals surface area contributed by atoms with E-state index >= 15 is 0 Å². The van der Waals surface area contributed by atoms with E-state index < -0.39 is 17.8 Å². The zero-order valence-electron chi connectivity index (χ0n) is 11.3. The molecule has 0 aromatic heterocycles. The average Bonchev–Trinajstić information content (AvgIpc) is 2.37. The zero-order valence-corrected chi connectivity index (χ0v) is 12.9. The fourth-order valence-corrected chi connectivity index (χ4v) is 2.73. The Labute approximate surface area is 125 Å². The van der Waals surface area contributed by atoms with Crippen molar-refractivity contribution in [3.05, 3.63) is 34.1 Å². The number of halogens is 2. The Morgan fingerprint density at radius 3 is 2.80 bits per heavy atom. The average molecular weight is 343 g/mol. The molecule has 1 saturated heterocycles. The lowest BCUT2D eigenvalue weighted by molar-refractivity contribution is -0.129. The fraction of sp³-hybridized carbons (Fsp3) is 0.429. The summed E-state index contributed by atoms with van der Waals surface area (Å²) in [5, 5.41) is 2.74. The lowest BCUT2D eigenvalue weighted by atomic mass is 9.98. The van der Waals surface area contributed by atoms with E-state index in [-0.39, 0.29) is 17.4 Å². The summed E-state index contributed by atoms with van der Waals surface area (Å²) in [6, 6.07) is 3.75. The van der Waals surface area contributed by atoms with E-state index in [1.807, 2.05) is 13.8 Å². The van der Waals surface area contributed by atoms with Gasteiger partial charge < -0.3 is 10.2 Å². The number of nitrogens with zero attached hydrogens (tertiary/aromatic N) is 1. The van der Waals surface area contributed by atoms with Crippen LogP contribution in [0.3, 0.4) is 0 Å². The topological polar surface area (TPSA) is 49.4 Å². The highest BCUT2D eigenvalue weighted by Gasteiger charge is 2.36. The van der Waals surface area contributed by atoms with E-state index in [1.54, 1.807) is 6.07 Å². The van der Waals surface area contributed by atoms with Crippen LogP contribution in [0.25, 0.3) is 0 Å². The van der Waals surface area contributed by atoms with E-state index in [4.69, 9.17) is 0 Å². The van der Waals surface area contributed by atoms with Crippen LogP contribution in [0.1, 0.15) is 24.2 Å². The Morgan fingerprint density at radius 2 is 2.20 bits per heavy atom. The smallest absolute Gasteiger partial charge is 0.257 e. The number of amides is 2. The summed E-state index contributed by atoms with van der Waals surface area (Å²) in [7, 11) is 0. The number of rotatable bonds is 2. The lowest BCUT2D eigenvalue weighted by Crippen LogP contribution is -2.59. The summed E-state index contributed by atoms with van der Waals surface area (Å²) in [5.41, 5.74) is -0.00597. The maximum Gasteiger partial charge on any atom is 0.257 e. The first-order valence-electron chi connectivity index (χ1n) is 6.45. The molecule has 0 spiro atoms. The van der Waals surface area contributed by atoms with E-state index in [0.29, 0.717) is 17.6 Å². The number of piperazine rings is 1. The van der Waals surface area contributed by atoms with Gasteiger partial charge in [-0.1, -0.05) is 29.8 Å². The van der Waals surface area contributed by atoms with Crippen LogP contribution >= 0.6 is 15.9 Å². The van der Waals surface area contributed by atoms with Crippen molar-refractivity contribution in [1.29, 1.82) is 0 Å². The van der Waals surface area contributed by atoms with Gasteiger partial charge in [0.2, 0.25) is 5.91 Å². The highest BCUT2D eigenvalue weighted by atomic mass is 79.9. The van der Waals surface area contributed by atoms with Gasteiger partial charge in [-0.15, -0.1) is 0 Å². The van der Waals surface area contributed by atoms with Gasteiger partial charge >= 0.3 is 0 Å². The molecule has 1 aliphatic heterocycles. The second-order valence-corrected chi connectivity index (χ2v) is 6.02. The summed E-state index contributed by atoms with van der Waals surface area (Å²) in [6.07, 6.45) is 0. The minimum absolute atomic E-state index is 0.00597. The highest BCUT2D eigenvalue weighted by Crippen LogP contribution is 2.21. The van der Waals surface area contributed by atoms with Crippen molar-refractivity contribution < 1.29 is 14.0 Å². The number of carbonyl (C=O) groups excluding carboxylic acids is 2. The summed E-state index contributed by atoms with van der Waals surface area (Å²) in [4.78, 5) is 25.9. The first kappa shape index (κ1) is 15.0. The standard InChI is InChI=1S/C14H16BrFN2O2/c1-8(2)12-13(19)17-5-6-18(12)14(20)10-4-3-9(15)7-11(10)16/h3-4,7-8,12H,5-6H2,1-2H3,(H,17,19). The second-order valence-electron chi connectivity index (χ2n) is 5.10. The van der Waals surface area contributed by atoms with Crippen molar-refractivity contribution in [3.8, 4) is 0 Å². The Bertz CT molecular complexity index is 548. The summed E-state index contributed by atoms with van der Waals surface area (Å²) in [5.74, 6) is -1.24. The molecule has 1 heterocycles. The third-order valence-electron chi connectivity index (χ3n) is 3.31. The molecule has 1 fully saturated rings. The molecule has 1 N–H and O–H groups in total. The summed E-state index contributed by atoms with van der Waals surface area (Å²) >= 11 is 3.16. The summed E-state index contributed by atoms with van der Waals surface area (Å²) < 4.78 is 14.5. The van der Waals surface area contributed by atoms with Gasteiger partial charge in [-0.2, -0.15) is 0 Å². The molecule has 1 aliphatic rings. The predicted molar refractivity (Wildman–Crippen MR) is 76.8 cm³/mol. The van der Waals surface area contributed by atoms with Crippen molar-refractivity contribution in [2.75, 3.05) is 13.1 Å². The number of nitrogens with one attached hydrogen (secondary N) is 1. The van der Waals surface area contributed by atoms with E-state index in [1.165, 1.54) is 17.0 Å². The van der Waals surface area contributed by atoms with Gasteiger partial charge in [0.15, 0.2) is 0 Å². The van der Waals surface area contributed by atoms with Crippen LogP contribution in [0, 0.1) is 11.7 Å². The van der Waals surface area contributed by atoms with Gasteiger partial charge in [0.25, 0.3) is 5.91 Å². The second kappa shape index (κ2) is 5.91. The Morgan fingerprint density at radius 1 is 1.50 bits per heavy atom. The zero-order chi connectivity index (χ0) is 14.9. The SMILES string of the molecule is CC(C)C1C(=O)NCCN1C(=O)c1ccc(Br)cc1F. The first-order valence-corrected chi connectivity index (χ1v) is 7.25.